The van der Waals surface area contributed by atoms with Gasteiger partial charge in [0.25, 0.3) is 0 Å². The van der Waals surface area contributed by atoms with E-state index < -0.39 is 5.60 Å². The van der Waals surface area contributed by atoms with E-state index in [1.165, 1.54) is 12.8 Å². The summed E-state index contributed by atoms with van der Waals surface area (Å²) in [6, 6.07) is 8.20. The highest BCUT2D eigenvalue weighted by Gasteiger charge is 2.28. The molecule has 2 N–H and O–H groups in total. The molecule has 0 bridgehead atoms. The average molecular weight is 530 g/mol. The number of amides is 1. The number of aliphatic imine (C=N–C) groups is 1. The molecule has 8 heteroatoms. The molecule has 2 aliphatic rings. The molecule has 2 fully saturated rings. The van der Waals surface area contributed by atoms with Crippen LogP contribution in [0.15, 0.2) is 29.3 Å². The Kier molecular flexibility index (Phi) is 9.06. The number of guanidine groups is 1. The van der Waals surface area contributed by atoms with Gasteiger partial charge in [0.05, 0.1) is 12.6 Å². The fraction of sp³-hybridized carbons (Fsp3) is 0.636. The third-order valence-electron chi connectivity index (χ3n) is 5.00. The molecular formula is C22H35IN4O3. The smallest absolute Gasteiger partial charge is 0.407 e. The highest BCUT2D eigenvalue weighted by Crippen LogP contribution is 2.30. The Bertz CT molecular complexity index is 731. The second-order valence-electron chi connectivity index (χ2n) is 8.84. The fourth-order valence-electron chi connectivity index (χ4n) is 3.33. The number of halogens is 1. The lowest BCUT2D eigenvalue weighted by Crippen LogP contribution is -2.44. The molecule has 3 rings (SSSR count). The first-order valence-corrected chi connectivity index (χ1v) is 10.5. The van der Waals surface area contributed by atoms with E-state index in [1.54, 1.807) is 7.05 Å². The molecule has 1 aromatic rings. The molecule has 1 saturated carbocycles. The third kappa shape index (κ3) is 7.85. The molecular weight excluding hydrogens is 495 g/mol. The van der Waals surface area contributed by atoms with Crippen molar-refractivity contribution in [2.75, 3.05) is 26.7 Å². The summed E-state index contributed by atoms with van der Waals surface area (Å²) in [4.78, 5) is 18.6. The molecule has 1 unspecified atom stereocenters. The third-order valence-corrected chi connectivity index (χ3v) is 5.00. The number of ether oxygens (including phenoxy) is 2. The van der Waals surface area contributed by atoms with Gasteiger partial charge in [0, 0.05) is 32.2 Å². The Morgan fingerprint density at radius 2 is 1.97 bits per heavy atom. The van der Waals surface area contributed by atoms with Gasteiger partial charge >= 0.3 is 6.09 Å². The molecule has 30 heavy (non-hydrogen) atoms. The van der Waals surface area contributed by atoms with Gasteiger partial charge in [-0.15, -0.1) is 24.0 Å². The standard InChI is InChI=1S/C22H34N4O3.HI/c1-22(2,3)29-21(27)25-18-11-12-26(14-18)20(23-4)24-13-17-7-5-6-8-19(17)28-15-16-9-10-16;/h5-8,16,18H,9-15H2,1-4H3,(H,23,24)(H,25,27);1H. The average Bonchev–Trinajstić information content (AvgIpc) is 3.38. The molecule has 1 aromatic carbocycles. The largest absolute Gasteiger partial charge is 0.493 e. The summed E-state index contributed by atoms with van der Waals surface area (Å²) in [6.07, 6.45) is 3.05. The van der Waals surface area contributed by atoms with Gasteiger partial charge in [0.1, 0.15) is 11.4 Å². The number of para-hydroxylation sites is 1. The summed E-state index contributed by atoms with van der Waals surface area (Å²) in [5, 5.41) is 6.39. The topological polar surface area (TPSA) is 75.2 Å². The lowest BCUT2D eigenvalue weighted by Gasteiger charge is -2.23. The second kappa shape index (κ2) is 11.1. The summed E-state index contributed by atoms with van der Waals surface area (Å²) < 4.78 is 11.4. The summed E-state index contributed by atoms with van der Waals surface area (Å²) >= 11 is 0. The van der Waals surface area contributed by atoms with E-state index in [0.29, 0.717) is 13.1 Å². The molecule has 1 saturated heterocycles. The minimum absolute atomic E-state index is 0. The van der Waals surface area contributed by atoms with Crippen molar-refractivity contribution < 1.29 is 14.3 Å². The van der Waals surface area contributed by atoms with Crippen LogP contribution in [0.1, 0.15) is 45.6 Å². The van der Waals surface area contributed by atoms with Crippen molar-refractivity contribution in [3.8, 4) is 5.75 Å². The van der Waals surface area contributed by atoms with Crippen molar-refractivity contribution in [1.29, 1.82) is 0 Å². The Balaban J connectivity index is 0.00000320. The van der Waals surface area contributed by atoms with Crippen molar-refractivity contribution in [2.24, 2.45) is 10.9 Å². The van der Waals surface area contributed by atoms with Crippen LogP contribution in [-0.2, 0) is 11.3 Å². The first-order valence-electron chi connectivity index (χ1n) is 10.5. The van der Waals surface area contributed by atoms with E-state index in [1.807, 2.05) is 39.0 Å². The maximum Gasteiger partial charge on any atom is 0.407 e. The molecule has 0 aromatic heterocycles. The minimum Gasteiger partial charge on any atom is -0.493 e. The first-order chi connectivity index (χ1) is 13.8. The van der Waals surface area contributed by atoms with Crippen LogP contribution in [0.4, 0.5) is 4.79 Å². The Labute approximate surface area is 197 Å². The van der Waals surface area contributed by atoms with E-state index in [4.69, 9.17) is 9.47 Å². The van der Waals surface area contributed by atoms with Crippen molar-refractivity contribution in [1.82, 2.24) is 15.5 Å². The molecule has 1 atom stereocenters. The van der Waals surface area contributed by atoms with Crippen LogP contribution >= 0.6 is 24.0 Å². The molecule has 7 nitrogen and oxygen atoms in total. The maximum absolute atomic E-state index is 12.0. The fourth-order valence-corrected chi connectivity index (χ4v) is 3.33. The van der Waals surface area contributed by atoms with Gasteiger partial charge in [0.2, 0.25) is 0 Å². The van der Waals surface area contributed by atoms with Crippen molar-refractivity contribution in [3.05, 3.63) is 29.8 Å². The lowest BCUT2D eigenvalue weighted by atomic mass is 10.2. The number of likely N-dealkylation sites (tertiary alicyclic amines) is 1. The van der Waals surface area contributed by atoms with Crippen LogP contribution < -0.4 is 15.4 Å². The predicted molar refractivity (Wildman–Crippen MR) is 130 cm³/mol. The molecule has 0 spiro atoms. The number of hydrogen-bond acceptors (Lipinski definition) is 4. The monoisotopic (exact) mass is 530 g/mol. The SMILES string of the molecule is CN=C(NCc1ccccc1OCC1CC1)N1CCC(NC(=O)OC(C)(C)C)C1.I. The number of nitrogens with zero attached hydrogens (tertiary/aromatic N) is 2. The number of rotatable bonds is 6. The van der Waals surface area contributed by atoms with Crippen molar-refractivity contribution >= 4 is 36.0 Å². The molecule has 1 heterocycles. The molecule has 0 radical (unpaired) electrons. The summed E-state index contributed by atoms with van der Waals surface area (Å²) in [5.41, 5.74) is 0.631. The number of carbonyl (C=O) groups is 1. The van der Waals surface area contributed by atoms with Crippen LogP contribution in [0.25, 0.3) is 0 Å². The number of nitrogens with one attached hydrogen (secondary N) is 2. The number of alkyl carbamates (subject to hydrolysis) is 1. The Morgan fingerprint density at radius 3 is 2.63 bits per heavy atom. The van der Waals surface area contributed by atoms with Gasteiger partial charge in [0.15, 0.2) is 5.96 Å². The Morgan fingerprint density at radius 1 is 1.23 bits per heavy atom. The van der Waals surface area contributed by atoms with Gasteiger partial charge in [-0.1, -0.05) is 18.2 Å². The van der Waals surface area contributed by atoms with E-state index in [-0.39, 0.29) is 36.1 Å². The lowest BCUT2D eigenvalue weighted by molar-refractivity contribution is 0.0507. The van der Waals surface area contributed by atoms with Crippen LogP contribution in [0.3, 0.4) is 0 Å². The van der Waals surface area contributed by atoms with Gasteiger partial charge in [-0.2, -0.15) is 0 Å². The van der Waals surface area contributed by atoms with Crippen LogP contribution in [0.2, 0.25) is 0 Å². The molecule has 1 aliphatic carbocycles. The van der Waals surface area contributed by atoms with E-state index in [9.17, 15) is 4.79 Å². The van der Waals surface area contributed by atoms with Gasteiger partial charge in [-0.3, -0.25) is 4.99 Å². The number of carbonyl (C=O) groups excluding carboxylic acids is 1. The zero-order valence-corrected chi connectivity index (χ0v) is 20.8. The zero-order valence-electron chi connectivity index (χ0n) is 18.4. The van der Waals surface area contributed by atoms with Gasteiger partial charge < -0.3 is 25.0 Å². The minimum atomic E-state index is -0.491. The highest BCUT2D eigenvalue weighted by atomic mass is 127. The summed E-state index contributed by atoms with van der Waals surface area (Å²) in [5.74, 6) is 2.49. The van der Waals surface area contributed by atoms with Crippen LogP contribution in [0, 0.1) is 5.92 Å². The van der Waals surface area contributed by atoms with Crippen molar-refractivity contribution in [3.63, 3.8) is 0 Å². The second-order valence-corrected chi connectivity index (χ2v) is 8.84. The number of hydrogen-bond donors (Lipinski definition) is 2. The van der Waals surface area contributed by atoms with E-state index in [2.05, 4.69) is 26.6 Å². The summed E-state index contributed by atoms with van der Waals surface area (Å²) in [6.45, 7) is 8.59. The van der Waals surface area contributed by atoms with Crippen LogP contribution in [0.5, 0.6) is 5.75 Å². The van der Waals surface area contributed by atoms with Gasteiger partial charge in [-0.05, 0) is 52.0 Å². The van der Waals surface area contributed by atoms with Crippen LogP contribution in [-0.4, -0.2) is 55.3 Å². The van der Waals surface area contributed by atoms with Gasteiger partial charge in [-0.25, -0.2) is 4.79 Å². The molecule has 1 aliphatic heterocycles. The zero-order chi connectivity index (χ0) is 20.9. The maximum atomic E-state index is 12.0. The molecule has 168 valence electrons. The highest BCUT2D eigenvalue weighted by molar-refractivity contribution is 14.0. The first kappa shape index (κ1) is 24.6. The summed E-state index contributed by atoms with van der Waals surface area (Å²) in [7, 11) is 1.78. The van der Waals surface area contributed by atoms with E-state index >= 15 is 0 Å². The predicted octanol–water partition coefficient (Wildman–Crippen LogP) is 3.77. The number of benzene rings is 1. The van der Waals surface area contributed by atoms with Crippen molar-refractivity contribution in [2.45, 2.75) is 58.2 Å². The normalized spacial score (nSPS) is 19.1. The Hall–Kier alpha value is -1.71. The quantitative estimate of drug-likeness (QED) is 0.333. The molecule has 1 amide bonds. The van der Waals surface area contributed by atoms with E-state index in [0.717, 1.165) is 42.8 Å².